The molecule has 0 fully saturated rings. The number of benzene rings is 3. The van der Waals surface area contributed by atoms with Gasteiger partial charge in [0.05, 0.1) is 10.2 Å². The smallest absolute Gasteiger partial charge is 0.326 e. The Morgan fingerprint density at radius 2 is 1.78 bits per heavy atom. The minimum Gasteiger partial charge on any atom is -0.489 e. The number of hydrogen-bond acceptors (Lipinski definition) is 4. The molecule has 0 radical (unpaired) electrons. The highest BCUT2D eigenvalue weighted by molar-refractivity contribution is 7.16. The monoisotopic (exact) mass is 446 g/mol. The summed E-state index contributed by atoms with van der Waals surface area (Å²) < 4.78 is 8.33. The zero-order valence-corrected chi connectivity index (χ0v) is 18.3. The van der Waals surface area contributed by atoms with Crippen molar-refractivity contribution in [1.29, 1.82) is 0 Å². The number of nitrogens with zero attached hydrogens (tertiary/aromatic N) is 2. The number of thiazole rings is 1. The highest BCUT2D eigenvalue weighted by atomic mass is 32.1. The van der Waals surface area contributed by atoms with Crippen molar-refractivity contribution in [1.82, 2.24) is 4.57 Å². The molecular formula is C25H22N2O4S. The number of fused-ring (bicyclic) bond motifs is 1. The molecule has 1 aromatic heterocycles. The van der Waals surface area contributed by atoms with Gasteiger partial charge in [0, 0.05) is 5.56 Å². The molecule has 0 saturated heterocycles. The van der Waals surface area contributed by atoms with Crippen molar-refractivity contribution >= 4 is 33.4 Å². The third-order valence-electron chi connectivity index (χ3n) is 5.04. The number of hydrogen-bond donors (Lipinski definition) is 1. The molecule has 7 heteroatoms. The number of para-hydroxylation sites is 1. The van der Waals surface area contributed by atoms with E-state index in [1.54, 1.807) is 35.8 Å². The van der Waals surface area contributed by atoms with E-state index in [-0.39, 0.29) is 0 Å². The van der Waals surface area contributed by atoms with E-state index in [1.165, 1.54) is 11.3 Å². The van der Waals surface area contributed by atoms with Crippen molar-refractivity contribution < 1.29 is 19.4 Å². The van der Waals surface area contributed by atoms with Gasteiger partial charge in [-0.25, -0.2) is 4.79 Å². The van der Waals surface area contributed by atoms with E-state index >= 15 is 0 Å². The van der Waals surface area contributed by atoms with Crippen LogP contribution in [-0.4, -0.2) is 21.6 Å². The Morgan fingerprint density at radius 1 is 1.03 bits per heavy atom. The molecule has 1 unspecified atom stereocenters. The van der Waals surface area contributed by atoms with E-state index in [1.807, 2.05) is 54.6 Å². The second kappa shape index (κ2) is 9.62. The van der Waals surface area contributed by atoms with Gasteiger partial charge in [-0.3, -0.25) is 4.79 Å². The highest BCUT2D eigenvalue weighted by Crippen LogP contribution is 2.23. The standard InChI is InChI=1S/C25H22N2O4S/c1-2-20(24(29)30)27-21-13-6-7-14-22(21)32-25(27)26-23(28)18-11-8-12-19(15-18)31-16-17-9-4-3-5-10-17/h3-15,20H,2,16H2,1H3,(H,29,30). The molecule has 32 heavy (non-hydrogen) atoms. The number of rotatable bonds is 7. The molecule has 0 aliphatic heterocycles. The van der Waals surface area contributed by atoms with E-state index in [9.17, 15) is 14.7 Å². The molecule has 1 heterocycles. The predicted molar refractivity (Wildman–Crippen MR) is 124 cm³/mol. The van der Waals surface area contributed by atoms with Crippen molar-refractivity contribution in [2.75, 3.05) is 0 Å². The first-order valence-corrected chi connectivity index (χ1v) is 11.1. The minimum atomic E-state index is -0.957. The molecule has 162 valence electrons. The Bertz CT molecular complexity index is 1320. The third kappa shape index (κ3) is 4.63. The number of carbonyl (C=O) groups excluding carboxylic acids is 1. The predicted octanol–water partition coefficient (Wildman–Crippen LogP) is 5.06. The van der Waals surface area contributed by atoms with Gasteiger partial charge in [-0.1, -0.05) is 66.8 Å². The summed E-state index contributed by atoms with van der Waals surface area (Å²) in [6.07, 6.45) is 0.375. The molecule has 4 rings (SSSR count). The lowest BCUT2D eigenvalue weighted by Gasteiger charge is -2.13. The summed E-state index contributed by atoms with van der Waals surface area (Å²) in [5.41, 5.74) is 2.15. The maximum atomic E-state index is 13.0. The highest BCUT2D eigenvalue weighted by Gasteiger charge is 2.22. The van der Waals surface area contributed by atoms with E-state index in [2.05, 4.69) is 4.99 Å². The maximum Gasteiger partial charge on any atom is 0.326 e. The summed E-state index contributed by atoms with van der Waals surface area (Å²) in [5, 5.41) is 9.71. The third-order valence-corrected chi connectivity index (χ3v) is 6.08. The summed E-state index contributed by atoms with van der Waals surface area (Å²) in [6.45, 7) is 2.19. The fourth-order valence-corrected chi connectivity index (χ4v) is 4.52. The SMILES string of the molecule is CCC(C(=O)O)n1c(=NC(=O)c2cccc(OCc3ccccc3)c2)sc2ccccc21. The molecule has 0 saturated carbocycles. The van der Waals surface area contributed by atoms with E-state index in [0.717, 1.165) is 15.8 Å². The van der Waals surface area contributed by atoms with Crippen LogP contribution in [0.3, 0.4) is 0 Å². The lowest BCUT2D eigenvalue weighted by atomic mass is 10.2. The maximum absolute atomic E-state index is 13.0. The van der Waals surface area contributed by atoms with Gasteiger partial charge in [0.2, 0.25) is 0 Å². The first-order chi connectivity index (χ1) is 15.6. The fraction of sp³-hybridized carbons (Fsp3) is 0.160. The summed E-state index contributed by atoms with van der Waals surface area (Å²) in [4.78, 5) is 29.5. The molecule has 1 N–H and O–H groups in total. The van der Waals surface area contributed by atoms with E-state index in [0.29, 0.717) is 29.1 Å². The molecule has 3 aromatic carbocycles. The lowest BCUT2D eigenvalue weighted by molar-refractivity contribution is -0.140. The van der Waals surface area contributed by atoms with Crippen LogP contribution in [0.1, 0.15) is 35.3 Å². The van der Waals surface area contributed by atoms with Gasteiger partial charge in [0.15, 0.2) is 4.80 Å². The molecular weight excluding hydrogens is 424 g/mol. The molecule has 0 spiro atoms. The van der Waals surface area contributed by atoms with E-state index < -0.39 is 17.9 Å². The van der Waals surface area contributed by atoms with Crippen molar-refractivity contribution in [3.8, 4) is 5.75 Å². The Balaban J connectivity index is 1.67. The summed E-state index contributed by atoms with van der Waals surface area (Å²) >= 11 is 1.30. The van der Waals surface area contributed by atoms with Crippen molar-refractivity contribution in [2.45, 2.75) is 26.0 Å². The summed E-state index contributed by atoms with van der Waals surface area (Å²) in [6, 6.07) is 23.3. The van der Waals surface area contributed by atoms with Crippen LogP contribution in [-0.2, 0) is 11.4 Å². The fourth-order valence-electron chi connectivity index (χ4n) is 3.45. The Hall–Kier alpha value is -3.71. The number of aromatic nitrogens is 1. The Kier molecular flexibility index (Phi) is 6.47. The first-order valence-electron chi connectivity index (χ1n) is 10.3. The molecule has 0 aliphatic rings. The minimum absolute atomic E-state index is 0.362. The zero-order valence-electron chi connectivity index (χ0n) is 17.5. The number of carbonyl (C=O) groups is 2. The average Bonchev–Trinajstić information content (AvgIpc) is 3.16. The molecule has 6 nitrogen and oxygen atoms in total. The molecule has 1 atom stereocenters. The lowest BCUT2D eigenvalue weighted by Crippen LogP contribution is -2.27. The second-order valence-electron chi connectivity index (χ2n) is 7.20. The number of ether oxygens (including phenoxy) is 1. The Morgan fingerprint density at radius 3 is 2.53 bits per heavy atom. The Labute approximate surface area is 189 Å². The van der Waals surface area contributed by atoms with Gasteiger partial charge in [0.1, 0.15) is 18.4 Å². The quantitative estimate of drug-likeness (QED) is 0.430. The van der Waals surface area contributed by atoms with Crippen LogP contribution < -0.4 is 9.54 Å². The summed E-state index contributed by atoms with van der Waals surface area (Å²) in [5.74, 6) is -0.840. The van der Waals surface area contributed by atoms with Crippen molar-refractivity contribution in [2.24, 2.45) is 4.99 Å². The molecule has 4 aromatic rings. The molecule has 0 aliphatic carbocycles. The van der Waals surface area contributed by atoms with Crippen LogP contribution in [0.2, 0.25) is 0 Å². The van der Waals surface area contributed by atoms with Gasteiger partial charge < -0.3 is 14.4 Å². The second-order valence-corrected chi connectivity index (χ2v) is 8.21. The van der Waals surface area contributed by atoms with Gasteiger partial charge in [-0.2, -0.15) is 4.99 Å². The number of carboxylic acid groups (broad SMARTS) is 1. The topological polar surface area (TPSA) is 80.9 Å². The normalized spacial score (nSPS) is 12.6. The zero-order chi connectivity index (χ0) is 22.5. The van der Waals surface area contributed by atoms with Crippen LogP contribution in [0.4, 0.5) is 0 Å². The van der Waals surface area contributed by atoms with Gasteiger partial charge >= 0.3 is 5.97 Å². The largest absolute Gasteiger partial charge is 0.489 e. The number of carboxylic acids is 1. The van der Waals surface area contributed by atoms with Crippen LogP contribution in [0.5, 0.6) is 5.75 Å². The van der Waals surface area contributed by atoms with Crippen LogP contribution in [0.25, 0.3) is 10.2 Å². The van der Waals surface area contributed by atoms with Gasteiger partial charge in [-0.05, 0) is 42.3 Å². The van der Waals surface area contributed by atoms with Gasteiger partial charge in [0.25, 0.3) is 5.91 Å². The first kappa shape index (κ1) is 21.5. The number of aliphatic carboxylic acids is 1. The summed E-state index contributed by atoms with van der Waals surface area (Å²) in [7, 11) is 0. The van der Waals surface area contributed by atoms with Gasteiger partial charge in [-0.15, -0.1) is 0 Å². The molecule has 0 bridgehead atoms. The average molecular weight is 447 g/mol. The van der Waals surface area contributed by atoms with Crippen molar-refractivity contribution in [3.63, 3.8) is 0 Å². The van der Waals surface area contributed by atoms with Crippen molar-refractivity contribution in [3.05, 3.63) is 94.8 Å². The van der Waals surface area contributed by atoms with Crippen LogP contribution >= 0.6 is 11.3 Å². The van der Waals surface area contributed by atoms with Crippen LogP contribution in [0.15, 0.2) is 83.9 Å². The van der Waals surface area contributed by atoms with Crippen LogP contribution in [0, 0.1) is 0 Å². The molecule has 1 amide bonds. The van der Waals surface area contributed by atoms with E-state index in [4.69, 9.17) is 4.74 Å². The number of amides is 1.